The largest absolute Gasteiger partial charge is 0.317 e. The van der Waals surface area contributed by atoms with E-state index in [0.717, 1.165) is 31.0 Å². The van der Waals surface area contributed by atoms with E-state index in [1.807, 2.05) is 0 Å². The zero-order valence-corrected chi connectivity index (χ0v) is 5.79. The van der Waals surface area contributed by atoms with Gasteiger partial charge in [-0.1, -0.05) is 0 Å². The third-order valence-electron chi connectivity index (χ3n) is 1.79. The van der Waals surface area contributed by atoms with Crippen molar-refractivity contribution in [3.05, 3.63) is 0 Å². The first-order chi connectivity index (χ1) is 4.84. The van der Waals surface area contributed by atoms with E-state index in [1.165, 1.54) is 0 Å². The van der Waals surface area contributed by atoms with E-state index in [2.05, 4.69) is 5.32 Å². The summed E-state index contributed by atoms with van der Waals surface area (Å²) in [6.07, 6.45) is 2.15. The van der Waals surface area contributed by atoms with Crippen LogP contribution in [0.5, 0.6) is 0 Å². The minimum absolute atomic E-state index is 0.0266. The second-order valence-electron chi connectivity index (χ2n) is 2.47. The quantitative estimate of drug-likeness (QED) is 0.314. The summed E-state index contributed by atoms with van der Waals surface area (Å²) >= 11 is 0. The molecule has 0 radical (unpaired) electrons. The Morgan fingerprint density at radius 2 is 2.10 bits per heavy atom. The molecule has 0 saturated carbocycles. The molecule has 10 heavy (non-hydrogen) atoms. The predicted molar refractivity (Wildman–Crippen MR) is 35.6 cm³/mol. The summed E-state index contributed by atoms with van der Waals surface area (Å²) in [5.74, 6) is 0. The normalized spacial score (nSPS) is 20.5. The number of hydrogen-bond donors (Lipinski definition) is 2. The number of hydroxylamine groups is 2. The number of hydrogen-bond acceptors (Lipinski definition) is 3. The first kappa shape index (κ1) is 7.50. The van der Waals surface area contributed by atoms with Crippen LogP contribution in [0.4, 0.5) is 0 Å². The molecule has 1 fully saturated rings. The van der Waals surface area contributed by atoms with E-state index in [-0.39, 0.29) is 6.04 Å². The SMILES string of the molecule is O=CN(O)C1CCNCC1. The van der Waals surface area contributed by atoms with Crippen LogP contribution in [0, 0.1) is 0 Å². The lowest BCUT2D eigenvalue weighted by atomic mass is 10.1. The van der Waals surface area contributed by atoms with Gasteiger partial charge in [-0.2, -0.15) is 0 Å². The molecule has 4 nitrogen and oxygen atoms in total. The summed E-state index contributed by atoms with van der Waals surface area (Å²) < 4.78 is 0. The van der Waals surface area contributed by atoms with E-state index >= 15 is 0 Å². The lowest BCUT2D eigenvalue weighted by molar-refractivity contribution is -0.162. The molecule has 0 unspecified atom stereocenters. The average Bonchev–Trinajstić information content (AvgIpc) is 2.05. The van der Waals surface area contributed by atoms with Crippen molar-refractivity contribution in [1.82, 2.24) is 10.4 Å². The maximum atomic E-state index is 10.1. The molecular weight excluding hydrogens is 132 g/mol. The van der Waals surface area contributed by atoms with Gasteiger partial charge in [0, 0.05) is 0 Å². The van der Waals surface area contributed by atoms with Crippen molar-refractivity contribution in [1.29, 1.82) is 0 Å². The summed E-state index contributed by atoms with van der Waals surface area (Å²) in [7, 11) is 0. The number of carbonyl (C=O) groups is 1. The first-order valence-electron chi connectivity index (χ1n) is 3.48. The summed E-state index contributed by atoms with van der Waals surface area (Å²) in [6, 6.07) is 0.0266. The zero-order chi connectivity index (χ0) is 7.40. The highest BCUT2D eigenvalue weighted by Crippen LogP contribution is 2.06. The van der Waals surface area contributed by atoms with Crippen molar-refractivity contribution in [2.75, 3.05) is 13.1 Å². The van der Waals surface area contributed by atoms with E-state index in [4.69, 9.17) is 5.21 Å². The maximum Gasteiger partial charge on any atom is 0.233 e. The van der Waals surface area contributed by atoms with E-state index in [0.29, 0.717) is 6.41 Å². The molecule has 1 aliphatic heterocycles. The minimum atomic E-state index is 0.0266. The monoisotopic (exact) mass is 144 g/mol. The molecule has 1 heterocycles. The van der Waals surface area contributed by atoms with Crippen LogP contribution < -0.4 is 5.32 Å². The second kappa shape index (κ2) is 3.53. The Kier molecular flexibility index (Phi) is 2.65. The van der Waals surface area contributed by atoms with E-state index < -0.39 is 0 Å². The van der Waals surface area contributed by atoms with Gasteiger partial charge in [0.05, 0.1) is 6.04 Å². The van der Waals surface area contributed by atoms with Crippen LogP contribution in [0.15, 0.2) is 0 Å². The minimum Gasteiger partial charge on any atom is -0.317 e. The van der Waals surface area contributed by atoms with Gasteiger partial charge in [-0.3, -0.25) is 10.0 Å². The Bertz CT molecular complexity index is 112. The fourth-order valence-corrected chi connectivity index (χ4v) is 1.16. The van der Waals surface area contributed by atoms with Gasteiger partial charge in [-0.05, 0) is 25.9 Å². The van der Waals surface area contributed by atoms with Gasteiger partial charge < -0.3 is 5.32 Å². The van der Waals surface area contributed by atoms with Crippen LogP contribution in [0.3, 0.4) is 0 Å². The van der Waals surface area contributed by atoms with E-state index in [9.17, 15) is 4.79 Å². The zero-order valence-electron chi connectivity index (χ0n) is 5.79. The number of carbonyl (C=O) groups excluding carboxylic acids is 1. The molecule has 1 amide bonds. The van der Waals surface area contributed by atoms with Gasteiger partial charge in [0.15, 0.2) is 0 Å². The van der Waals surface area contributed by atoms with Gasteiger partial charge in [-0.25, -0.2) is 5.06 Å². The number of piperidine rings is 1. The molecular formula is C6H12N2O2. The number of amides is 1. The third-order valence-corrected chi connectivity index (χ3v) is 1.79. The molecule has 0 aromatic heterocycles. The van der Waals surface area contributed by atoms with Crippen molar-refractivity contribution in [3.8, 4) is 0 Å². The highest BCUT2D eigenvalue weighted by atomic mass is 16.5. The number of nitrogens with zero attached hydrogens (tertiary/aromatic N) is 1. The fourth-order valence-electron chi connectivity index (χ4n) is 1.16. The van der Waals surface area contributed by atoms with Crippen LogP contribution in [0.2, 0.25) is 0 Å². The molecule has 0 aliphatic carbocycles. The summed E-state index contributed by atoms with van der Waals surface area (Å²) in [6.45, 7) is 1.77. The molecule has 0 aromatic rings. The number of rotatable bonds is 2. The summed E-state index contributed by atoms with van der Waals surface area (Å²) in [4.78, 5) is 10.1. The van der Waals surface area contributed by atoms with Gasteiger partial charge >= 0.3 is 0 Å². The highest BCUT2D eigenvalue weighted by molar-refractivity contribution is 5.45. The van der Waals surface area contributed by atoms with Gasteiger partial charge in [0.1, 0.15) is 0 Å². The topological polar surface area (TPSA) is 52.6 Å². The fraction of sp³-hybridized carbons (Fsp3) is 0.833. The Morgan fingerprint density at radius 3 is 2.60 bits per heavy atom. The van der Waals surface area contributed by atoms with Gasteiger partial charge in [0.2, 0.25) is 6.41 Å². The lowest BCUT2D eigenvalue weighted by Gasteiger charge is -2.26. The molecule has 0 atom stereocenters. The standard InChI is InChI=1S/C6H12N2O2/c9-5-8(10)6-1-3-7-4-2-6/h5-7,10H,1-4H2. The lowest BCUT2D eigenvalue weighted by Crippen LogP contribution is -2.40. The van der Waals surface area contributed by atoms with Crippen molar-refractivity contribution in [3.63, 3.8) is 0 Å². The smallest absolute Gasteiger partial charge is 0.233 e. The molecule has 0 bridgehead atoms. The predicted octanol–water partition coefficient (Wildman–Crippen LogP) is -0.414. The van der Waals surface area contributed by atoms with Crippen molar-refractivity contribution in [2.45, 2.75) is 18.9 Å². The van der Waals surface area contributed by atoms with Gasteiger partial charge in [0.25, 0.3) is 0 Å². The Hall–Kier alpha value is -0.610. The Morgan fingerprint density at radius 1 is 1.50 bits per heavy atom. The van der Waals surface area contributed by atoms with Crippen LogP contribution in [-0.4, -0.2) is 35.8 Å². The van der Waals surface area contributed by atoms with Crippen molar-refractivity contribution >= 4 is 6.41 Å². The molecule has 58 valence electrons. The molecule has 0 aromatic carbocycles. The van der Waals surface area contributed by atoms with Crippen LogP contribution in [0.25, 0.3) is 0 Å². The van der Waals surface area contributed by atoms with Crippen molar-refractivity contribution < 1.29 is 10.0 Å². The van der Waals surface area contributed by atoms with Crippen LogP contribution in [-0.2, 0) is 4.79 Å². The number of nitrogens with one attached hydrogen (secondary N) is 1. The molecule has 1 rings (SSSR count). The van der Waals surface area contributed by atoms with Crippen molar-refractivity contribution in [2.24, 2.45) is 0 Å². The molecule has 4 heteroatoms. The average molecular weight is 144 g/mol. The Labute approximate surface area is 59.8 Å². The third kappa shape index (κ3) is 1.68. The molecule has 2 N–H and O–H groups in total. The maximum absolute atomic E-state index is 10.1. The molecule has 1 saturated heterocycles. The molecule has 1 aliphatic rings. The molecule has 0 spiro atoms. The second-order valence-corrected chi connectivity index (χ2v) is 2.47. The van der Waals surface area contributed by atoms with E-state index in [1.54, 1.807) is 0 Å². The summed E-state index contributed by atoms with van der Waals surface area (Å²) in [5, 5.41) is 12.8. The highest BCUT2D eigenvalue weighted by Gasteiger charge is 2.17. The van der Waals surface area contributed by atoms with Gasteiger partial charge in [-0.15, -0.1) is 0 Å². The Balaban J connectivity index is 2.30. The van der Waals surface area contributed by atoms with Crippen LogP contribution in [0.1, 0.15) is 12.8 Å². The summed E-state index contributed by atoms with van der Waals surface area (Å²) in [5.41, 5.74) is 0. The van der Waals surface area contributed by atoms with Crippen LogP contribution >= 0.6 is 0 Å². The first-order valence-corrected chi connectivity index (χ1v) is 3.48.